The minimum Gasteiger partial charge on any atom is -0.379 e. The molecular formula is C15H34N2O5. The highest BCUT2D eigenvalue weighted by Crippen LogP contribution is 1.90. The quantitative estimate of drug-likeness (QED) is 0.268. The number of ether oxygens (including phenoxy) is 4. The van der Waals surface area contributed by atoms with Gasteiger partial charge in [0.25, 0.3) is 0 Å². The van der Waals surface area contributed by atoms with Crippen LogP contribution >= 0.6 is 0 Å². The van der Waals surface area contributed by atoms with Crippen LogP contribution in [0.25, 0.3) is 0 Å². The Hall–Kier alpha value is -0.280. The van der Waals surface area contributed by atoms with Gasteiger partial charge in [-0.2, -0.15) is 0 Å². The molecule has 0 aromatic rings. The average molecular weight is 322 g/mol. The summed E-state index contributed by atoms with van der Waals surface area (Å²) in [6.07, 6.45) is 3.10. The van der Waals surface area contributed by atoms with E-state index in [0.29, 0.717) is 52.8 Å². The zero-order valence-corrected chi connectivity index (χ0v) is 14.0. The number of unbranched alkanes of at least 4 members (excludes halogenated alkanes) is 1. The molecule has 0 atom stereocenters. The molecule has 7 heteroatoms. The van der Waals surface area contributed by atoms with Crippen LogP contribution in [0.1, 0.15) is 26.2 Å². The summed E-state index contributed by atoms with van der Waals surface area (Å²) in [6.45, 7) is 9.15. The van der Waals surface area contributed by atoms with Crippen molar-refractivity contribution in [3.63, 3.8) is 0 Å². The Morgan fingerprint density at radius 1 is 0.682 bits per heavy atom. The molecule has 0 aromatic heterocycles. The molecule has 0 aliphatic heterocycles. The van der Waals surface area contributed by atoms with E-state index in [1.54, 1.807) is 0 Å². The Bertz CT molecular complexity index is 179. The first-order valence-electron chi connectivity index (χ1n) is 8.27. The van der Waals surface area contributed by atoms with Crippen LogP contribution in [0.2, 0.25) is 0 Å². The summed E-state index contributed by atoms with van der Waals surface area (Å²) >= 11 is 0. The van der Waals surface area contributed by atoms with Gasteiger partial charge in [-0.3, -0.25) is 0 Å². The Morgan fingerprint density at radius 3 is 1.77 bits per heavy atom. The zero-order chi connectivity index (χ0) is 16.1. The number of rotatable bonds is 19. The first-order valence-corrected chi connectivity index (χ1v) is 8.27. The lowest BCUT2D eigenvalue weighted by molar-refractivity contribution is -0.00190. The highest BCUT2D eigenvalue weighted by Gasteiger charge is 1.93. The minimum atomic E-state index is 0.548. The van der Waals surface area contributed by atoms with Crippen molar-refractivity contribution in [1.29, 1.82) is 0 Å². The minimum absolute atomic E-state index is 0.548. The lowest BCUT2D eigenvalue weighted by atomic mass is 10.3. The summed E-state index contributed by atoms with van der Waals surface area (Å²) < 4.78 is 21.4. The maximum absolute atomic E-state index is 5.47. The second-order valence-electron chi connectivity index (χ2n) is 4.69. The Kier molecular flexibility index (Phi) is 20.5. The lowest BCUT2D eigenvalue weighted by Gasteiger charge is -2.07. The standard InChI is InChI=1S/C15H34N2O5/c1-2-7-22-17-6-3-4-8-18-10-12-20-14-15-21-13-11-19-9-5-16/h17H,2-16H2,1H3. The molecule has 0 aromatic carbocycles. The van der Waals surface area contributed by atoms with Crippen molar-refractivity contribution in [2.45, 2.75) is 26.2 Å². The van der Waals surface area contributed by atoms with E-state index in [1.807, 2.05) is 0 Å². The third kappa shape index (κ3) is 19.7. The zero-order valence-electron chi connectivity index (χ0n) is 14.0. The van der Waals surface area contributed by atoms with Crippen LogP contribution in [0.15, 0.2) is 0 Å². The van der Waals surface area contributed by atoms with Gasteiger partial charge in [-0.25, -0.2) is 5.48 Å². The van der Waals surface area contributed by atoms with Gasteiger partial charge in [0.2, 0.25) is 0 Å². The van der Waals surface area contributed by atoms with E-state index in [1.165, 1.54) is 0 Å². The number of hydrogen-bond acceptors (Lipinski definition) is 7. The van der Waals surface area contributed by atoms with Crippen LogP contribution < -0.4 is 11.2 Å². The molecule has 7 nitrogen and oxygen atoms in total. The summed E-state index contributed by atoms with van der Waals surface area (Å²) in [6, 6.07) is 0. The molecule has 0 aliphatic rings. The first kappa shape index (κ1) is 21.7. The van der Waals surface area contributed by atoms with Gasteiger partial charge in [-0.1, -0.05) is 6.92 Å². The smallest absolute Gasteiger partial charge is 0.0701 e. The molecule has 0 unspecified atom stereocenters. The van der Waals surface area contributed by atoms with Gasteiger partial charge in [-0.05, 0) is 19.3 Å². The molecule has 0 radical (unpaired) electrons. The Balaban J connectivity index is 2.91. The van der Waals surface area contributed by atoms with Gasteiger partial charge in [0.05, 0.1) is 52.9 Å². The fourth-order valence-electron chi connectivity index (χ4n) is 1.49. The second kappa shape index (κ2) is 20.7. The molecule has 0 spiro atoms. The first-order chi connectivity index (χ1) is 10.9. The van der Waals surface area contributed by atoms with Crippen molar-refractivity contribution in [2.75, 3.05) is 72.6 Å². The topological polar surface area (TPSA) is 84.2 Å². The van der Waals surface area contributed by atoms with Crippen molar-refractivity contribution in [3.8, 4) is 0 Å². The molecule has 0 heterocycles. The van der Waals surface area contributed by atoms with Crippen LogP contribution in [0, 0.1) is 0 Å². The predicted octanol–water partition coefficient (Wildman–Crippen LogP) is 0.723. The van der Waals surface area contributed by atoms with Crippen LogP contribution in [-0.4, -0.2) is 72.6 Å². The number of nitrogens with one attached hydrogen (secondary N) is 1. The Labute approximate surface area is 134 Å². The van der Waals surface area contributed by atoms with E-state index in [4.69, 9.17) is 29.5 Å². The number of hydroxylamine groups is 1. The molecule has 0 aliphatic carbocycles. The van der Waals surface area contributed by atoms with Gasteiger partial charge in [0.1, 0.15) is 0 Å². The van der Waals surface area contributed by atoms with Crippen molar-refractivity contribution in [2.24, 2.45) is 5.73 Å². The largest absolute Gasteiger partial charge is 0.379 e. The molecule has 0 amide bonds. The second-order valence-corrected chi connectivity index (χ2v) is 4.69. The number of hydrogen-bond donors (Lipinski definition) is 2. The SMILES string of the molecule is CCCONCCCCOCCOCCOCCOCCN. The normalized spacial score (nSPS) is 11.2. The maximum Gasteiger partial charge on any atom is 0.0701 e. The van der Waals surface area contributed by atoms with Gasteiger partial charge < -0.3 is 29.5 Å². The fraction of sp³-hybridized carbons (Fsp3) is 1.00. The van der Waals surface area contributed by atoms with Crippen LogP contribution in [0.5, 0.6) is 0 Å². The van der Waals surface area contributed by atoms with Crippen molar-refractivity contribution in [3.05, 3.63) is 0 Å². The number of nitrogens with two attached hydrogens (primary N) is 1. The maximum atomic E-state index is 5.47. The summed E-state index contributed by atoms with van der Waals surface area (Å²) in [4.78, 5) is 5.17. The van der Waals surface area contributed by atoms with E-state index < -0.39 is 0 Å². The van der Waals surface area contributed by atoms with Crippen LogP contribution in [0.3, 0.4) is 0 Å². The molecule has 0 fully saturated rings. The molecule has 134 valence electrons. The van der Waals surface area contributed by atoms with Gasteiger partial charge in [-0.15, -0.1) is 0 Å². The van der Waals surface area contributed by atoms with Crippen molar-refractivity contribution < 1.29 is 23.8 Å². The summed E-state index contributed by atoms with van der Waals surface area (Å²) in [5.41, 5.74) is 8.22. The van der Waals surface area contributed by atoms with E-state index in [0.717, 1.165) is 39.0 Å². The lowest BCUT2D eigenvalue weighted by Crippen LogP contribution is -2.17. The van der Waals surface area contributed by atoms with Gasteiger partial charge in [0, 0.05) is 19.7 Å². The third-order valence-corrected chi connectivity index (χ3v) is 2.60. The Morgan fingerprint density at radius 2 is 1.23 bits per heavy atom. The van der Waals surface area contributed by atoms with Gasteiger partial charge >= 0.3 is 0 Å². The molecule has 0 saturated carbocycles. The average Bonchev–Trinajstić information content (AvgIpc) is 2.54. The molecule has 0 saturated heterocycles. The molecular weight excluding hydrogens is 288 g/mol. The van der Waals surface area contributed by atoms with E-state index in [2.05, 4.69) is 12.4 Å². The highest BCUT2D eigenvalue weighted by molar-refractivity contribution is 4.41. The van der Waals surface area contributed by atoms with Crippen LogP contribution in [0.4, 0.5) is 0 Å². The molecule has 0 rings (SSSR count). The molecule has 0 bridgehead atoms. The fourth-order valence-corrected chi connectivity index (χ4v) is 1.49. The van der Waals surface area contributed by atoms with Crippen LogP contribution in [-0.2, 0) is 23.8 Å². The van der Waals surface area contributed by atoms with E-state index in [-0.39, 0.29) is 0 Å². The van der Waals surface area contributed by atoms with Crippen molar-refractivity contribution in [1.82, 2.24) is 5.48 Å². The van der Waals surface area contributed by atoms with E-state index >= 15 is 0 Å². The van der Waals surface area contributed by atoms with Crippen molar-refractivity contribution >= 4 is 0 Å². The highest BCUT2D eigenvalue weighted by atomic mass is 16.6. The van der Waals surface area contributed by atoms with Gasteiger partial charge in [0.15, 0.2) is 0 Å². The van der Waals surface area contributed by atoms with E-state index in [9.17, 15) is 0 Å². The molecule has 3 N–H and O–H groups in total. The summed E-state index contributed by atoms with van der Waals surface area (Å²) in [7, 11) is 0. The summed E-state index contributed by atoms with van der Waals surface area (Å²) in [5.74, 6) is 0. The predicted molar refractivity (Wildman–Crippen MR) is 85.8 cm³/mol. The third-order valence-electron chi connectivity index (χ3n) is 2.60. The summed E-state index contributed by atoms with van der Waals surface area (Å²) in [5, 5.41) is 0. The molecule has 22 heavy (non-hydrogen) atoms. The monoisotopic (exact) mass is 322 g/mol.